The molecule has 0 amide bonds. The molecule has 0 fully saturated rings. The molecule has 0 unspecified atom stereocenters. The standard InChI is InChI=1S/C17H13ClN2O/c18-14-8-3-7-13(11-14)17(20-21)19-16-10-4-6-12-5-1-2-9-15(12)16/h1-11,21H,(H,19,20). The van der Waals surface area contributed by atoms with Crippen LogP contribution in [0, 0.1) is 0 Å². The maximum atomic E-state index is 9.38. The summed E-state index contributed by atoms with van der Waals surface area (Å²) in [5.41, 5.74) is 3.65. The van der Waals surface area contributed by atoms with Crippen molar-refractivity contribution in [2.24, 2.45) is 4.99 Å². The first-order chi connectivity index (χ1) is 10.3. The summed E-state index contributed by atoms with van der Waals surface area (Å²) < 4.78 is 0. The van der Waals surface area contributed by atoms with E-state index in [0.717, 1.165) is 22.0 Å². The molecule has 0 saturated carbocycles. The number of nitrogens with one attached hydrogen (secondary N) is 1. The van der Waals surface area contributed by atoms with Gasteiger partial charge in [0, 0.05) is 16.0 Å². The quantitative estimate of drug-likeness (QED) is 0.414. The minimum Gasteiger partial charge on any atom is -0.290 e. The third-order valence-corrected chi connectivity index (χ3v) is 3.44. The summed E-state index contributed by atoms with van der Waals surface area (Å²) in [6.45, 7) is 0. The van der Waals surface area contributed by atoms with Gasteiger partial charge in [-0.25, -0.2) is 4.99 Å². The average molecular weight is 297 g/mol. The number of hydrogen-bond donors (Lipinski definition) is 2. The highest BCUT2D eigenvalue weighted by molar-refractivity contribution is 6.31. The van der Waals surface area contributed by atoms with Gasteiger partial charge in [0.25, 0.3) is 0 Å². The van der Waals surface area contributed by atoms with Crippen LogP contribution in [-0.4, -0.2) is 11.0 Å². The summed E-state index contributed by atoms with van der Waals surface area (Å²) >= 11 is 5.98. The lowest BCUT2D eigenvalue weighted by atomic mass is 10.1. The second kappa shape index (κ2) is 5.95. The second-order valence-electron chi connectivity index (χ2n) is 4.58. The van der Waals surface area contributed by atoms with Crippen LogP contribution < -0.4 is 5.48 Å². The number of benzene rings is 3. The third kappa shape index (κ3) is 2.89. The summed E-state index contributed by atoms with van der Waals surface area (Å²) in [6.07, 6.45) is 0. The number of aliphatic imine (C=N–C) groups is 1. The van der Waals surface area contributed by atoms with Gasteiger partial charge in [0.2, 0.25) is 0 Å². The highest BCUT2D eigenvalue weighted by Crippen LogP contribution is 2.26. The maximum Gasteiger partial charge on any atom is 0.157 e. The summed E-state index contributed by atoms with van der Waals surface area (Å²) in [7, 11) is 0. The minimum absolute atomic E-state index is 0.355. The van der Waals surface area contributed by atoms with E-state index in [1.165, 1.54) is 0 Å². The van der Waals surface area contributed by atoms with E-state index in [9.17, 15) is 5.21 Å². The molecule has 3 rings (SSSR count). The molecule has 3 aromatic carbocycles. The smallest absolute Gasteiger partial charge is 0.157 e. The number of hydrogen-bond acceptors (Lipinski definition) is 2. The summed E-state index contributed by atoms with van der Waals surface area (Å²) in [5.74, 6) is 0.355. The summed E-state index contributed by atoms with van der Waals surface area (Å²) in [6, 6.07) is 21.0. The molecule has 0 bridgehead atoms. The lowest BCUT2D eigenvalue weighted by molar-refractivity contribution is 0.235. The van der Waals surface area contributed by atoms with Crippen LogP contribution in [0.3, 0.4) is 0 Å². The van der Waals surface area contributed by atoms with Crippen molar-refractivity contribution in [1.82, 2.24) is 5.48 Å². The van der Waals surface area contributed by atoms with E-state index in [-0.39, 0.29) is 0 Å². The molecular weight excluding hydrogens is 284 g/mol. The Balaban J connectivity index is 2.13. The molecule has 4 heteroatoms. The Morgan fingerprint density at radius 2 is 1.71 bits per heavy atom. The fourth-order valence-corrected chi connectivity index (χ4v) is 2.41. The van der Waals surface area contributed by atoms with Crippen molar-refractivity contribution in [3.05, 3.63) is 77.3 Å². The Labute approximate surface area is 127 Å². The van der Waals surface area contributed by atoms with Crippen LogP contribution in [0.5, 0.6) is 0 Å². The van der Waals surface area contributed by atoms with Crippen LogP contribution in [0.15, 0.2) is 71.7 Å². The molecule has 0 atom stereocenters. The van der Waals surface area contributed by atoms with Crippen LogP contribution in [-0.2, 0) is 0 Å². The van der Waals surface area contributed by atoms with Gasteiger partial charge in [0.05, 0.1) is 5.69 Å². The van der Waals surface area contributed by atoms with Crippen molar-refractivity contribution >= 4 is 33.9 Å². The maximum absolute atomic E-state index is 9.38. The molecule has 0 spiro atoms. The average Bonchev–Trinajstić information content (AvgIpc) is 2.52. The fraction of sp³-hybridized carbons (Fsp3) is 0. The SMILES string of the molecule is ONC(=Nc1cccc2ccccc12)c1cccc(Cl)c1. The van der Waals surface area contributed by atoms with Crippen molar-refractivity contribution < 1.29 is 5.21 Å². The first kappa shape index (κ1) is 13.6. The predicted octanol–water partition coefficient (Wildman–Crippen LogP) is 4.55. The predicted molar refractivity (Wildman–Crippen MR) is 86.5 cm³/mol. The number of halogens is 1. The molecule has 0 aromatic heterocycles. The largest absolute Gasteiger partial charge is 0.290 e. The molecule has 0 radical (unpaired) electrons. The van der Waals surface area contributed by atoms with Gasteiger partial charge in [-0.3, -0.25) is 10.7 Å². The van der Waals surface area contributed by atoms with Gasteiger partial charge < -0.3 is 0 Å². The molecule has 0 heterocycles. The van der Waals surface area contributed by atoms with E-state index in [1.807, 2.05) is 54.6 Å². The molecule has 0 aliphatic heterocycles. The molecule has 3 nitrogen and oxygen atoms in total. The number of hydroxylamine groups is 1. The molecule has 3 aromatic rings. The Hall–Kier alpha value is -2.36. The van der Waals surface area contributed by atoms with Crippen LogP contribution in [0.4, 0.5) is 5.69 Å². The van der Waals surface area contributed by atoms with Gasteiger partial charge in [0.1, 0.15) is 0 Å². The molecule has 0 saturated heterocycles. The number of rotatable bonds is 2. The van der Waals surface area contributed by atoms with Crippen LogP contribution >= 0.6 is 11.6 Å². The molecule has 21 heavy (non-hydrogen) atoms. The van der Waals surface area contributed by atoms with Gasteiger partial charge in [-0.05, 0) is 23.6 Å². The van der Waals surface area contributed by atoms with Crippen molar-refractivity contribution in [2.75, 3.05) is 0 Å². The van der Waals surface area contributed by atoms with Gasteiger partial charge >= 0.3 is 0 Å². The van der Waals surface area contributed by atoms with Crippen molar-refractivity contribution in [3.63, 3.8) is 0 Å². The van der Waals surface area contributed by atoms with Crippen molar-refractivity contribution in [2.45, 2.75) is 0 Å². The van der Waals surface area contributed by atoms with E-state index in [2.05, 4.69) is 10.5 Å². The van der Waals surface area contributed by atoms with E-state index in [1.54, 1.807) is 12.1 Å². The Kier molecular flexibility index (Phi) is 3.86. The lowest BCUT2D eigenvalue weighted by Crippen LogP contribution is -2.19. The zero-order valence-corrected chi connectivity index (χ0v) is 11.9. The van der Waals surface area contributed by atoms with Gasteiger partial charge in [0.15, 0.2) is 5.84 Å². The molecule has 2 N–H and O–H groups in total. The van der Waals surface area contributed by atoms with Gasteiger partial charge in [-0.2, -0.15) is 0 Å². The number of amidine groups is 1. The van der Waals surface area contributed by atoms with Crippen LogP contribution in [0.2, 0.25) is 5.02 Å². The highest BCUT2D eigenvalue weighted by Gasteiger charge is 2.05. The Morgan fingerprint density at radius 3 is 2.52 bits per heavy atom. The lowest BCUT2D eigenvalue weighted by Gasteiger charge is -2.07. The topological polar surface area (TPSA) is 44.6 Å². The zero-order chi connectivity index (χ0) is 14.7. The fourth-order valence-electron chi connectivity index (χ4n) is 2.22. The van der Waals surface area contributed by atoms with E-state index >= 15 is 0 Å². The number of nitrogens with zero attached hydrogens (tertiary/aromatic N) is 1. The van der Waals surface area contributed by atoms with Crippen molar-refractivity contribution in [3.8, 4) is 0 Å². The van der Waals surface area contributed by atoms with E-state index in [0.29, 0.717) is 10.9 Å². The van der Waals surface area contributed by atoms with Gasteiger partial charge in [-0.1, -0.05) is 60.1 Å². The first-order valence-electron chi connectivity index (χ1n) is 6.50. The molecule has 104 valence electrons. The molecule has 0 aliphatic rings. The summed E-state index contributed by atoms with van der Waals surface area (Å²) in [4.78, 5) is 4.51. The van der Waals surface area contributed by atoms with Crippen LogP contribution in [0.25, 0.3) is 10.8 Å². The van der Waals surface area contributed by atoms with E-state index in [4.69, 9.17) is 11.6 Å². The molecular formula is C17H13ClN2O. The first-order valence-corrected chi connectivity index (χ1v) is 6.88. The third-order valence-electron chi connectivity index (χ3n) is 3.20. The Morgan fingerprint density at radius 1 is 0.952 bits per heavy atom. The second-order valence-corrected chi connectivity index (χ2v) is 5.02. The van der Waals surface area contributed by atoms with Crippen molar-refractivity contribution in [1.29, 1.82) is 0 Å². The zero-order valence-electron chi connectivity index (χ0n) is 11.1. The number of fused-ring (bicyclic) bond motifs is 1. The highest BCUT2D eigenvalue weighted by atomic mass is 35.5. The van der Waals surface area contributed by atoms with E-state index < -0.39 is 0 Å². The Bertz CT molecular complexity index is 809. The van der Waals surface area contributed by atoms with Crippen LogP contribution in [0.1, 0.15) is 5.56 Å². The summed E-state index contributed by atoms with van der Waals surface area (Å²) in [5, 5.41) is 12.1. The molecule has 0 aliphatic carbocycles. The minimum atomic E-state index is 0.355. The monoisotopic (exact) mass is 296 g/mol. The van der Waals surface area contributed by atoms with Gasteiger partial charge in [-0.15, -0.1) is 0 Å². The normalized spacial score (nSPS) is 11.6.